The summed E-state index contributed by atoms with van der Waals surface area (Å²) in [6, 6.07) is 9.90. The van der Waals surface area contributed by atoms with E-state index in [1.807, 2.05) is 35.2 Å². The van der Waals surface area contributed by atoms with E-state index in [1.165, 1.54) is 0 Å². The molecule has 6 nitrogen and oxygen atoms in total. The van der Waals surface area contributed by atoms with E-state index in [9.17, 15) is 4.79 Å². The number of carbonyl (C=O) groups excluding carboxylic acids is 1. The van der Waals surface area contributed by atoms with Gasteiger partial charge in [0.15, 0.2) is 5.82 Å². The molecule has 2 aliphatic heterocycles. The number of hydrogen-bond acceptors (Lipinski definition) is 4. The van der Waals surface area contributed by atoms with Crippen LogP contribution in [0.3, 0.4) is 0 Å². The molecule has 2 aromatic rings. The Labute approximate surface area is 141 Å². The fourth-order valence-electron chi connectivity index (χ4n) is 3.64. The lowest BCUT2D eigenvalue weighted by Gasteiger charge is -2.39. The molecule has 1 aromatic carbocycles. The number of hydrogen-bond donors (Lipinski definition) is 1. The van der Waals surface area contributed by atoms with Crippen LogP contribution in [0.25, 0.3) is 11.4 Å². The molecule has 0 saturated carbocycles. The zero-order valence-corrected chi connectivity index (χ0v) is 13.7. The Hall–Kier alpha value is -2.21. The maximum Gasteiger partial charge on any atom is 0.222 e. The molecule has 6 heteroatoms. The van der Waals surface area contributed by atoms with Crippen molar-refractivity contribution in [2.24, 2.45) is 5.41 Å². The molecule has 0 unspecified atom stereocenters. The van der Waals surface area contributed by atoms with E-state index in [4.69, 9.17) is 4.74 Å². The van der Waals surface area contributed by atoms with Crippen molar-refractivity contribution in [2.45, 2.75) is 25.7 Å². The first-order valence-corrected chi connectivity index (χ1v) is 8.56. The molecule has 3 heterocycles. The summed E-state index contributed by atoms with van der Waals surface area (Å²) < 4.78 is 5.57. The summed E-state index contributed by atoms with van der Waals surface area (Å²) in [5.74, 6) is 1.77. The van der Waals surface area contributed by atoms with Crippen LogP contribution in [-0.4, -0.2) is 52.3 Å². The van der Waals surface area contributed by atoms with Gasteiger partial charge < -0.3 is 9.64 Å². The zero-order chi connectivity index (χ0) is 16.4. The van der Waals surface area contributed by atoms with Crippen molar-refractivity contribution >= 4 is 5.91 Å². The average molecular weight is 326 g/mol. The number of amides is 1. The molecule has 1 atom stereocenters. The van der Waals surface area contributed by atoms with E-state index in [0.717, 1.165) is 44.0 Å². The molecule has 0 bridgehead atoms. The Morgan fingerprint density at radius 1 is 1.25 bits per heavy atom. The Morgan fingerprint density at radius 2 is 2.12 bits per heavy atom. The summed E-state index contributed by atoms with van der Waals surface area (Å²) in [4.78, 5) is 18.7. The van der Waals surface area contributed by atoms with E-state index in [-0.39, 0.29) is 11.3 Å². The molecule has 2 saturated heterocycles. The second-order valence-corrected chi connectivity index (χ2v) is 6.84. The first-order chi connectivity index (χ1) is 11.7. The van der Waals surface area contributed by atoms with E-state index in [0.29, 0.717) is 25.2 Å². The fourth-order valence-corrected chi connectivity index (χ4v) is 3.64. The smallest absolute Gasteiger partial charge is 0.222 e. The molecular formula is C18H22N4O2. The van der Waals surface area contributed by atoms with Crippen LogP contribution >= 0.6 is 0 Å². The molecule has 24 heavy (non-hydrogen) atoms. The van der Waals surface area contributed by atoms with E-state index >= 15 is 0 Å². The molecule has 0 aliphatic carbocycles. The largest absolute Gasteiger partial charge is 0.381 e. The topological polar surface area (TPSA) is 71.1 Å². The normalized spacial score (nSPS) is 24.0. The molecule has 1 amide bonds. The minimum absolute atomic E-state index is 0.185. The van der Waals surface area contributed by atoms with Crippen LogP contribution in [0.4, 0.5) is 0 Å². The molecule has 2 aliphatic rings. The van der Waals surface area contributed by atoms with E-state index < -0.39 is 0 Å². The highest BCUT2D eigenvalue weighted by Crippen LogP contribution is 2.38. The van der Waals surface area contributed by atoms with Crippen molar-refractivity contribution in [1.82, 2.24) is 20.1 Å². The number of ether oxygens (including phenoxy) is 1. The van der Waals surface area contributed by atoms with E-state index in [2.05, 4.69) is 15.2 Å². The van der Waals surface area contributed by atoms with Gasteiger partial charge in [0.05, 0.1) is 6.61 Å². The second kappa shape index (κ2) is 6.36. The standard InChI is InChI=1S/C18H22N4O2/c23-16-6-8-18(9-11-24-13-18)12-22(16)10-7-15-19-17(21-20-15)14-4-2-1-3-5-14/h1-5H,6-13H2,(H,19,20,21)/t18-/m0/s1. The SMILES string of the molecule is O=C1CC[C@]2(CCOC2)CN1CCc1nc(-c2ccccc2)n[nH]1. The Morgan fingerprint density at radius 3 is 2.92 bits per heavy atom. The van der Waals surface area contributed by atoms with Gasteiger partial charge in [-0.3, -0.25) is 9.89 Å². The number of piperidine rings is 1. The van der Waals surface area contributed by atoms with Gasteiger partial charge in [-0.2, -0.15) is 5.10 Å². The number of aromatic amines is 1. The minimum Gasteiger partial charge on any atom is -0.381 e. The molecular weight excluding hydrogens is 304 g/mol. The molecule has 1 spiro atoms. The summed E-state index contributed by atoms with van der Waals surface area (Å²) >= 11 is 0. The van der Waals surface area contributed by atoms with Crippen molar-refractivity contribution in [2.75, 3.05) is 26.3 Å². The van der Waals surface area contributed by atoms with Crippen molar-refractivity contribution in [3.63, 3.8) is 0 Å². The maximum absolute atomic E-state index is 12.2. The highest BCUT2D eigenvalue weighted by molar-refractivity contribution is 5.77. The van der Waals surface area contributed by atoms with Gasteiger partial charge in [-0.25, -0.2) is 4.98 Å². The number of rotatable bonds is 4. The third kappa shape index (κ3) is 3.06. The third-order valence-electron chi connectivity index (χ3n) is 5.12. The average Bonchev–Trinajstić information content (AvgIpc) is 3.27. The number of H-pyrrole nitrogens is 1. The first-order valence-electron chi connectivity index (χ1n) is 8.56. The first kappa shape index (κ1) is 15.3. The lowest BCUT2D eigenvalue weighted by molar-refractivity contribution is -0.137. The van der Waals surface area contributed by atoms with Crippen molar-refractivity contribution in [3.8, 4) is 11.4 Å². The zero-order valence-electron chi connectivity index (χ0n) is 13.7. The third-order valence-corrected chi connectivity index (χ3v) is 5.12. The van der Waals surface area contributed by atoms with Gasteiger partial charge in [-0.1, -0.05) is 30.3 Å². The molecule has 0 radical (unpaired) electrons. The number of nitrogens with one attached hydrogen (secondary N) is 1. The summed E-state index contributed by atoms with van der Waals surface area (Å²) in [5.41, 5.74) is 1.18. The van der Waals surface area contributed by atoms with E-state index in [1.54, 1.807) is 0 Å². The summed E-state index contributed by atoms with van der Waals surface area (Å²) in [5, 5.41) is 7.28. The summed E-state index contributed by atoms with van der Waals surface area (Å²) in [6.45, 7) is 3.11. The lowest BCUT2D eigenvalue weighted by Crippen LogP contribution is -2.47. The Kier molecular flexibility index (Phi) is 4.06. The van der Waals surface area contributed by atoms with Gasteiger partial charge in [0.2, 0.25) is 5.91 Å². The molecule has 2 fully saturated rings. The quantitative estimate of drug-likeness (QED) is 0.933. The predicted molar refractivity (Wildman–Crippen MR) is 89.2 cm³/mol. The van der Waals surface area contributed by atoms with Crippen LogP contribution in [0.5, 0.6) is 0 Å². The van der Waals surface area contributed by atoms with Crippen LogP contribution in [0, 0.1) is 5.41 Å². The molecule has 126 valence electrons. The highest BCUT2D eigenvalue weighted by atomic mass is 16.5. The van der Waals surface area contributed by atoms with Gasteiger partial charge in [-0.15, -0.1) is 0 Å². The van der Waals surface area contributed by atoms with Crippen molar-refractivity contribution < 1.29 is 9.53 Å². The lowest BCUT2D eigenvalue weighted by atomic mass is 9.79. The number of nitrogens with zero attached hydrogens (tertiary/aromatic N) is 3. The number of likely N-dealkylation sites (tertiary alicyclic amines) is 1. The predicted octanol–water partition coefficient (Wildman–Crippen LogP) is 2.04. The number of benzene rings is 1. The van der Waals surface area contributed by atoms with Crippen LogP contribution in [-0.2, 0) is 16.0 Å². The molecule has 4 rings (SSSR count). The van der Waals surface area contributed by atoms with Gasteiger partial charge >= 0.3 is 0 Å². The van der Waals surface area contributed by atoms with Gasteiger partial charge in [-0.05, 0) is 12.8 Å². The van der Waals surface area contributed by atoms with Crippen LogP contribution in [0.1, 0.15) is 25.1 Å². The van der Waals surface area contributed by atoms with Gasteiger partial charge in [0.1, 0.15) is 5.82 Å². The second-order valence-electron chi connectivity index (χ2n) is 6.84. The fraction of sp³-hybridized carbons (Fsp3) is 0.500. The summed E-state index contributed by atoms with van der Waals surface area (Å²) in [6.07, 6.45) is 3.36. The molecule has 1 N–H and O–H groups in total. The van der Waals surface area contributed by atoms with Gasteiger partial charge in [0.25, 0.3) is 0 Å². The molecule has 1 aromatic heterocycles. The number of aromatic nitrogens is 3. The monoisotopic (exact) mass is 326 g/mol. The van der Waals surface area contributed by atoms with Crippen LogP contribution in [0.15, 0.2) is 30.3 Å². The Bertz CT molecular complexity index is 707. The van der Waals surface area contributed by atoms with Crippen LogP contribution < -0.4 is 0 Å². The van der Waals surface area contributed by atoms with Crippen LogP contribution in [0.2, 0.25) is 0 Å². The highest BCUT2D eigenvalue weighted by Gasteiger charge is 2.41. The van der Waals surface area contributed by atoms with Crippen molar-refractivity contribution in [1.29, 1.82) is 0 Å². The van der Waals surface area contributed by atoms with Gasteiger partial charge in [0, 0.05) is 43.5 Å². The minimum atomic E-state index is 0.185. The van der Waals surface area contributed by atoms with Crippen molar-refractivity contribution in [3.05, 3.63) is 36.2 Å². The maximum atomic E-state index is 12.2. The Balaban J connectivity index is 1.39. The summed E-state index contributed by atoms with van der Waals surface area (Å²) in [7, 11) is 0. The number of carbonyl (C=O) groups is 1.